The highest BCUT2D eigenvalue weighted by atomic mass is 32.2. The highest BCUT2D eigenvalue weighted by Crippen LogP contribution is 2.26. The molecule has 1 atom stereocenters. The molecule has 0 radical (unpaired) electrons. The number of anilines is 1. The van der Waals surface area contributed by atoms with E-state index in [0.29, 0.717) is 5.13 Å². The zero-order valence-corrected chi connectivity index (χ0v) is 14.3. The summed E-state index contributed by atoms with van der Waals surface area (Å²) in [5.74, 6) is -0.312. The molecule has 0 spiro atoms. The number of ether oxygens (including phenoxy) is 1. The molecule has 0 aliphatic rings. The van der Waals surface area contributed by atoms with E-state index in [9.17, 15) is 9.59 Å². The number of thiazole rings is 1. The first-order valence-corrected chi connectivity index (χ1v) is 8.79. The van der Waals surface area contributed by atoms with Crippen LogP contribution in [0, 0.1) is 0 Å². The van der Waals surface area contributed by atoms with Gasteiger partial charge in [0.15, 0.2) is 5.13 Å². The van der Waals surface area contributed by atoms with Gasteiger partial charge in [-0.15, -0.1) is 11.8 Å². The molecule has 0 aliphatic carbocycles. The first-order chi connectivity index (χ1) is 10.5. The summed E-state index contributed by atoms with van der Waals surface area (Å²) in [4.78, 5) is 27.9. The van der Waals surface area contributed by atoms with E-state index in [2.05, 4.69) is 10.3 Å². The SMILES string of the molecule is CC(C)OC(=O)CSC(C)C(=O)Nc1nc2ccccc2s1. The number of hydrogen-bond donors (Lipinski definition) is 1. The van der Waals surface area contributed by atoms with Gasteiger partial charge in [-0.2, -0.15) is 0 Å². The van der Waals surface area contributed by atoms with E-state index in [0.717, 1.165) is 10.2 Å². The lowest BCUT2D eigenvalue weighted by molar-refractivity contribution is -0.144. The number of rotatable bonds is 6. The highest BCUT2D eigenvalue weighted by Gasteiger charge is 2.17. The van der Waals surface area contributed by atoms with Gasteiger partial charge in [0.1, 0.15) is 0 Å². The fourth-order valence-corrected chi connectivity index (χ4v) is 3.23. The number of nitrogens with zero attached hydrogens (tertiary/aromatic N) is 1. The van der Waals surface area contributed by atoms with Crippen molar-refractivity contribution in [1.29, 1.82) is 0 Å². The molecule has 1 amide bonds. The fraction of sp³-hybridized carbons (Fsp3) is 0.400. The maximum atomic E-state index is 12.1. The van der Waals surface area contributed by atoms with Crippen molar-refractivity contribution in [2.75, 3.05) is 11.1 Å². The average molecular weight is 338 g/mol. The number of esters is 1. The maximum Gasteiger partial charge on any atom is 0.316 e. The molecule has 1 aromatic heterocycles. The maximum absolute atomic E-state index is 12.1. The molecule has 118 valence electrons. The second kappa shape index (κ2) is 7.60. The second-order valence-electron chi connectivity index (χ2n) is 4.97. The van der Waals surface area contributed by atoms with Gasteiger partial charge in [-0.05, 0) is 32.9 Å². The molecule has 1 heterocycles. The van der Waals surface area contributed by atoms with Gasteiger partial charge < -0.3 is 10.1 Å². The summed E-state index contributed by atoms with van der Waals surface area (Å²) in [7, 11) is 0. The summed E-state index contributed by atoms with van der Waals surface area (Å²) in [6.07, 6.45) is -0.139. The molecule has 0 bridgehead atoms. The summed E-state index contributed by atoms with van der Waals surface area (Å²) in [6, 6.07) is 7.71. The van der Waals surface area contributed by atoms with Gasteiger partial charge >= 0.3 is 5.97 Å². The first kappa shape index (κ1) is 16.8. The van der Waals surface area contributed by atoms with Gasteiger partial charge in [-0.3, -0.25) is 9.59 Å². The van der Waals surface area contributed by atoms with Gasteiger partial charge in [0.05, 0.1) is 27.3 Å². The van der Waals surface area contributed by atoms with Crippen LogP contribution in [0.15, 0.2) is 24.3 Å². The van der Waals surface area contributed by atoms with Crippen molar-refractivity contribution in [3.8, 4) is 0 Å². The Hall–Kier alpha value is -1.60. The van der Waals surface area contributed by atoms with Crippen molar-refractivity contribution in [3.05, 3.63) is 24.3 Å². The molecule has 0 saturated heterocycles. The van der Waals surface area contributed by atoms with Crippen LogP contribution in [0.4, 0.5) is 5.13 Å². The first-order valence-electron chi connectivity index (χ1n) is 6.93. The molecule has 0 fully saturated rings. The Morgan fingerprint density at radius 2 is 2.05 bits per heavy atom. The molecule has 7 heteroatoms. The van der Waals surface area contributed by atoms with Crippen LogP contribution in [0.5, 0.6) is 0 Å². The number of fused-ring (bicyclic) bond motifs is 1. The smallest absolute Gasteiger partial charge is 0.316 e. The normalized spacial score (nSPS) is 12.4. The average Bonchev–Trinajstić information content (AvgIpc) is 2.86. The van der Waals surface area contributed by atoms with Gasteiger partial charge in [-0.1, -0.05) is 23.5 Å². The number of para-hydroxylation sites is 1. The fourth-order valence-electron chi connectivity index (χ4n) is 1.70. The number of carbonyl (C=O) groups is 2. The molecule has 5 nitrogen and oxygen atoms in total. The van der Waals surface area contributed by atoms with Crippen molar-refractivity contribution in [3.63, 3.8) is 0 Å². The Morgan fingerprint density at radius 1 is 1.32 bits per heavy atom. The minimum absolute atomic E-state index is 0.139. The largest absolute Gasteiger partial charge is 0.462 e. The predicted octanol–water partition coefficient (Wildman–Crippen LogP) is 3.31. The van der Waals surface area contributed by atoms with Crippen LogP contribution in [0.1, 0.15) is 20.8 Å². The third kappa shape index (κ3) is 4.71. The molecule has 22 heavy (non-hydrogen) atoms. The quantitative estimate of drug-likeness (QED) is 0.819. The summed E-state index contributed by atoms with van der Waals surface area (Å²) in [5, 5.41) is 3.01. The highest BCUT2D eigenvalue weighted by molar-refractivity contribution is 8.01. The number of benzene rings is 1. The Balaban J connectivity index is 1.87. The van der Waals surface area contributed by atoms with E-state index < -0.39 is 0 Å². The van der Waals surface area contributed by atoms with Gasteiger partial charge in [0.25, 0.3) is 0 Å². The monoisotopic (exact) mass is 338 g/mol. The minimum Gasteiger partial charge on any atom is -0.462 e. The Morgan fingerprint density at radius 3 is 2.73 bits per heavy atom. The Kier molecular flexibility index (Phi) is 5.79. The van der Waals surface area contributed by atoms with Crippen LogP contribution >= 0.6 is 23.1 Å². The molecule has 1 unspecified atom stereocenters. The van der Waals surface area contributed by atoms with Crippen LogP contribution in [-0.4, -0.2) is 34.0 Å². The minimum atomic E-state index is -0.355. The lowest BCUT2D eigenvalue weighted by atomic mass is 10.3. The molecule has 2 rings (SSSR count). The molecular weight excluding hydrogens is 320 g/mol. The van der Waals surface area contributed by atoms with E-state index in [1.54, 1.807) is 20.8 Å². The van der Waals surface area contributed by atoms with Crippen molar-refractivity contribution < 1.29 is 14.3 Å². The number of carbonyl (C=O) groups excluding carboxylic acids is 2. The summed E-state index contributed by atoms with van der Waals surface area (Å²) >= 11 is 2.68. The third-order valence-electron chi connectivity index (χ3n) is 2.71. The number of hydrogen-bond acceptors (Lipinski definition) is 6. The topological polar surface area (TPSA) is 68.3 Å². The van der Waals surface area contributed by atoms with Gasteiger partial charge in [0, 0.05) is 0 Å². The number of thioether (sulfide) groups is 1. The zero-order chi connectivity index (χ0) is 16.1. The second-order valence-corrected chi connectivity index (χ2v) is 7.33. The summed E-state index contributed by atoms with van der Waals surface area (Å²) in [5.41, 5.74) is 0.864. The van der Waals surface area contributed by atoms with E-state index >= 15 is 0 Å². The van der Waals surface area contributed by atoms with Gasteiger partial charge in [-0.25, -0.2) is 4.98 Å². The van der Waals surface area contributed by atoms with E-state index in [4.69, 9.17) is 4.74 Å². The number of aromatic nitrogens is 1. The van der Waals surface area contributed by atoms with Gasteiger partial charge in [0.2, 0.25) is 5.91 Å². The van der Waals surface area contributed by atoms with Crippen LogP contribution in [0.3, 0.4) is 0 Å². The molecule has 1 N–H and O–H groups in total. The van der Waals surface area contributed by atoms with E-state index in [1.807, 2.05) is 24.3 Å². The number of amides is 1. The van der Waals surface area contributed by atoms with Crippen LogP contribution < -0.4 is 5.32 Å². The van der Waals surface area contributed by atoms with Crippen LogP contribution in [-0.2, 0) is 14.3 Å². The standard InChI is InChI=1S/C15H18N2O3S2/c1-9(2)20-13(18)8-21-10(3)14(19)17-15-16-11-6-4-5-7-12(11)22-15/h4-7,9-10H,8H2,1-3H3,(H,16,17,19). The molecule has 0 aliphatic heterocycles. The molecular formula is C15H18N2O3S2. The van der Waals surface area contributed by atoms with Crippen molar-refractivity contribution in [2.45, 2.75) is 32.1 Å². The van der Waals surface area contributed by atoms with Crippen molar-refractivity contribution >= 4 is 50.3 Å². The van der Waals surface area contributed by atoms with Crippen molar-refractivity contribution in [2.24, 2.45) is 0 Å². The molecule has 1 aromatic carbocycles. The number of nitrogens with one attached hydrogen (secondary N) is 1. The van der Waals surface area contributed by atoms with Crippen LogP contribution in [0.25, 0.3) is 10.2 Å². The lowest BCUT2D eigenvalue weighted by Crippen LogP contribution is -2.24. The Bertz CT molecular complexity index is 637. The predicted molar refractivity (Wildman–Crippen MR) is 91.4 cm³/mol. The van der Waals surface area contributed by atoms with E-state index in [-0.39, 0.29) is 29.0 Å². The van der Waals surface area contributed by atoms with Crippen molar-refractivity contribution in [1.82, 2.24) is 4.98 Å². The molecule has 2 aromatic rings. The summed E-state index contributed by atoms with van der Waals surface area (Å²) < 4.78 is 6.06. The summed E-state index contributed by atoms with van der Waals surface area (Å²) in [6.45, 7) is 5.35. The lowest BCUT2D eigenvalue weighted by Gasteiger charge is -2.11. The van der Waals surface area contributed by atoms with Crippen LogP contribution in [0.2, 0.25) is 0 Å². The third-order valence-corrected chi connectivity index (χ3v) is 4.78. The molecule has 0 saturated carbocycles. The van der Waals surface area contributed by atoms with E-state index in [1.165, 1.54) is 23.1 Å². The zero-order valence-electron chi connectivity index (χ0n) is 12.7. The Labute approximate surface area is 137 Å².